The molecule has 3 rings (SSSR count). The Hall–Kier alpha value is -0.0800. The molecule has 0 spiro atoms. The van der Waals surface area contributed by atoms with E-state index in [0.29, 0.717) is 11.5 Å². The van der Waals surface area contributed by atoms with Crippen molar-refractivity contribution in [3.05, 3.63) is 0 Å². The molecule has 2 bridgehead atoms. The summed E-state index contributed by atoms with van der Waals surface area (Å²) in [5.41, 5.74) is 0.604. The van der Waals surface area contributed by atoms with Crippen molar-refractivity contribution in [2.45, 2.75) is 77.9 Å². The van der Waals surface area contributed by atoms with Gasteiger partial charge in [-0.2, -0.15) is 0 Å². The summed E-state index contributed by atoms with van der Waals surface area (Å²) >= 11 is 0. The summed E-state index contributed by atoms with van der Waals surface area (Å²) in [5, 5.41) is 3.77. The highest BCUT2D eigenvalue weighted by molar-refractivity contribution is 4.99. The van der Waals surface area contributed by atoms with Gasteiger partial charge in [0.1, 0.15) is 0 Å². The smallest absolute Gasteiger partial charge is 0.0616 e. The van der Waals surface area contributed by atoms with Gasteiger partial charge in [0.05, 0.1) is 6.10 Å². The first-order chi connectivity index (χ1) is 9.38. The minimum Gasteiger partial charge on any atom is -0.378 e. The SMILES string of the molecule is CC1OCCC1(CNC(C)(C)C)CC1CC2CCC1C2. The maximum absolute atomic E-state index is 5.98. The summed E-state index contributed by atoms with van der Waals surface area (Å²) < 4.78 is 5.98. The van der Waals surface area contributed by atoms with Crippen LogP contribution in [0.1, 0.15) is 66.2 Å². The van der Waals surface area contributed by atoms with Crippen LogP contribution >= 0.6 is 0 Å². The minimum absolute atomic E-state index is 0.212. The van der Waals surface area contributed by atoms with Crippen molar-refractivity contribution < 1.29 is 4.74 Å². The molecule has 3 aliphatic rings. The van der Waals surface area contributed by atoms with Gasteiger partial charge in [0, 0.05) is 24.1 Å². The van der Waals surface area contributed by atoms with E-state index in [-0.39, 0.29) is 5.54 Å². The van der Waals surface area contributed by atoms with Crippen LogP contribution in [-0.2, 0) is 4.74 Å². The third-order valence-corrected chi connectivity index (χ3v) is 6.35. The average molecular weight is 279 g/mol. The normalized spacial score (nSPS) is 44.4. The van der Waals surface area contributed by atoms with Crippen LogP contribution in [0.4, 0.5) is 0 Å². The van der Waals surface area contributed by atoms with E-state index in [1.807, 2.05) is 0 Å². The molecule has 0 amide bonds. The molecule has 5 unspecified atom stereocenters. The summed E-state index contributed by atoms with van der Waals surface area (Å²) in [7, 11) is 0. The van der Waals surface area contributed by atoms with E-state index >= 15 is 0 Å². The second-order valence-electron chi connectivity index (χ2n) is 8.87. The molecular formula is C18H33NO. The number of fused-ring (bicyclic) bond motifs is 2. The van der Waals surface area contributed by atoms with E-state index in [1.54, 1.807) is 0 Å². The van der Waals surface area contributed by atoms with Crippen molar-refractivity contribution in [3.63, 3.8) is 0 Å². The molecule has 1 N–H and O–H groups in total. The zero-order valence-corrected chi connectivity index (χ0v) is 13.9. The monoisotopic (exact) mass is 279 g/mol. The fraction of sp³-hybridized carbons (Fsp3) is 1.00. The molecule has 1 heterocycles. The summed E-state index contributed by atoms with van der Waals surface area (Å²) in [6.07, 6.45) is 9.14. The van der Waals surface area contributed by atoms with E-state index in [0.717, 1.165) is 30.9 Å². The lowest BCUT2D eigenvalue weighted by Gasteiger charge is -2.39. The second kappa shape index (κ2) is 5.28. The summed E-state index contributed by atoms with van der Waals surface area (Å²) in [5.74, 6) is 3.09. The molecule has 2 aliphatic carbocycles. The highest BCUT2D eigenvalue weighted by Crippen LogP contribution is 2.54. The van der Waals surface area contributed by atoms with Crippen LogP contribution in [0, 0.1) is 23.2 Å². The van der Waals surface area contributed by atoms with Gasteiger partial charge in [-0.25, -0.2) is 0 Å². The Morgan fingerprint density at radius 2 is 2.00 bits per heavy atom. The number of hydrogen-bond donors (Lipinski definition) is 1. The fourth-order valence-electron chi connectivity index (χ4n) is 4.98. The Morgan fingerprint density at radius 3 is 2.50 bits per heavy atom. The van der Waals surface area contributed by atoms with Crippen molar-refractivity contribution in [3.8, 4) is 0 Å². The molecule has 1 aliphatic heterocycles. The molecule has 0 aromatic carbocycles. The molecule has 3 fully saturated rings. The molecule has 2 saturated carbocycles. The Bertz CT molecular complexity index is 348. The minimum atomic E-state index is 0.212. The van der Waals surface area contributed by atoms with Crippen LogP contribution in [0.3, 0.4) is 0 Å². The Kier molecular flexibility index (Phi) is 3.92. The standard InChI is InChI=1S/C18H33NO/c1-13-18(7-8-20-13,12-19-17(2,3)4)11-16-10-14-5-6-15(16)9-14/h13-16,19H,5-12H2,1-4H3. The molecule has 1 saturated heterocycles. The van der Waals surface area contributed by atoms with E-state index in [1.165, 1.54) is 38.5 Å². The summed E-state index contributed by atoms with van der Waals surface area (Å²) in [4.78, 5) is 0. The first-order valence-corrected chi connectivity index (χ1v) is 8.75. The number of rotatable bonds is 4. The lowest BCUT2D eigenvalue weighted by Crippen LogP contribution is -2.47. The second-order valence-corrected chi connectivity index (χ2v) is 8.87. The van der Waals surface area contributed by atoms with Gasteiger partial charge in [0.25, 0.3) is 0 Å². The Balaban J connectivity index is 1.66. The van der Waals surface area contributed by atoms with Gasteiger partial charge in [-0.05, 0) is 77.6 Å². The highest BCUT2D eigenvalue weighted by Gasteiger charge is 2.48. The van der Waals surface area contributed by atoms with E-state index in [4.69, 9.17) is 4.74 Å². The van der Waals surface area contributed by atoms with Gasteiger partial charge in [0.2, 0.25) is 0 Å². The zero-order chi connectivity index (χ0) is 14.4. The van der Waals surface area contributed by atoms with Crippen molar-refractivity contribution in [2.75, 3.05) is 13.2 Å². The van der Waals surface area contributed by atoms with Crippen LogP contribution in [0.5, 0.6) is 0 Å². The number of ether oxygens (including phenoxy) is 1. The van der Waals surface area contributed by atoms with Gasteiger partial charge in [0.15, 0.2) is 0 Å². The van der Waals surface area contributed by atoms with Gasteiger partial charge < -0.3 is 10.1 Å². The third-order valence-electron chi connectivity index (χ3n) is 6.35. The van der Waals surface area contributed by atoms with Crippen LogP contribution in [0.15, 0.2) is 0 Å². The maximum Gasteiger partial charge on any atom is 0.0616 e. The largest absolute Gasteiger partial charge is 0.378 e. The molecular weight excluding hydrogens is 246 g/mol. The first-order valence-electron chi connectivity index (χ1n) is 8.75. The number of nitrogens with one attached hydrogen (secondary N) is 1. The van der Waals surface area contributed by atoms with Crippen LogP contribution in [0.2, 0.25) is 0 Å². The molecule has 116 valence electrons. The molecule has 20 heavy (non-hydrogen) atoms. The molecule has 0 radical (unpaired) electrons. The molecule has 5 atom stereocenters. The fourth-order valence-corrected chi connectivity index (χ4v) is 4.98. The van der Waals surface area contributed by atoms with Crippen LogP contribution in [0.25, 0.3) is 0 Å². The summed E-state index contributed by atoms with van der Waals surface area (Å²) in [6, 6.07) is 0. The van der Waals surface area contributed by atoms with E-state index < -0.39 is 0 Å². The molecule has 2 nitrogen and oxygen atoms in total. The number of hydrogen-bond acceptors (Lipinski definition) is 2. The lowest BCUT2D eigenvalue weighted by molar-refractivity contribution is 0.0394. The van der Waals surface area contributed by atoms with Gasteiger partial charge in [-0.3, -0.25) is 0 Å². The van der Waals surface area contributed by atoms with Crippen molar-refractivity contribution in [1.82, 2.24) is 5.32 Å². The first kappa shape index (κ1) is 14.8. The van der Waals surface area contributed by atoms with E-state index in [9.17, 15) is 0 Å². The summed E-state index contributed by atoms with van der Waals surface area (Å²) in [6.45, 7) is 11.2. The van der Waals surface area contributed by atoms with Crippen molar-refractivity contribution >= 4 is 0 Å². The molecule has 0 aromatic rings. The Morgan fingerprint density at radius 1 is 1.20 bits per heavy atom. The topological polar surface area (TPSA) is 21.3 Å². The quantitative estimate of drug-likeness (QED) is 0.840. The van der Waals surface area contributed by atoms with Crippen LogP contribution < -0.4 is 5.32 Å². The lowest BCUT2D eigenvalue weighted by atomic mass is 9.70. The van der Waals surface area contributed by atoms with Gasteiger partial charge in [-0.15, -0.1) is 0 Å². The van der Waals surface area contributed by atoms with Crippen molar-refractivity contribution in [2.24, 2.45) is 23.2 Å². The van der Waals surface area contributed by atoms with Gasteiger partial charge in [-0.1, -0.05) is 6.42 Å². The van der Waals surface area contributed by atoms with Crippen LogP contribution in [-0.4, -0.2) is 24.8 Å². The van der Waals surface area contributed by atoms with Crippen molar-refractivity contribution in [1.29, 1.82) is 0 Å². The molecule has 2 heteroatoms. The van der Waals surface area contributed by atoms with Gasteiger partial charge >= 0.3 is 0 Å². The Labute approximate surface area is 125 Å². The maximum atomic E-state index is 5.98. The predicted molar refractivity (Wildman–Crippen MR) is 83.8 cm³/mol. The third kappa shape index (κ3) is 2.92. The van der Waals surface area contributed by atoms with E-state index in [2.05, 4.69) is 33.0 Å². The zero-order valence-electron chi connectivity index (χ0n) is 13.9. The average Bonchev–Trinajstić information content (AvgIpc) is 3.04. The molecule has 0 aromatic heterocycles. The predicted octanol–water partition coefficient (Wildman–Crippen LogP) is 4.00. The highest BCUT2D eigenvalue weighted by atomic mass is 16.5.